The fourth-order valence-corrected chi connectivity index (χ4v) is 4.09. The lowest BCUT2D eigenvalue weighted by atomic mass is 10.1. The Kier molecular flexibility index (Phi) is 5.32. The molecule has 0 N–H and O–H groups in total. The Morgan fingerprint density at radius 2 is 1.78 bits per heavy atom. The van der Waals surface area contributed by atoms with Crippen molar-refractivity contribution in [1.29, 1.82) is 0 Å². The Labute approximate surface area is 183 Å². The number of amides is 2. The number of nitrogens with zero attached hydrogens (tertiary/aromatic N) is 4. The standard InChI is InChI=1S/C23H22N4O5/c28-21-13-24-16-5-1-2-6-17(16)27(21)15-22(29)26-14-20(23(30)25-9-11-31-12-10-25)32-19-8-4-3-7-18(19)26/h1-8,13,20H,9-12,14-15H2/t20-/m0/s1. The van der Waals surface area contributed by atoms with Crippen molar-refractivity contribution in [3.63, 3.8) is 0 Å². The van der Waals surface area contributed by atoms with Gasteiger partial charge in [-0.05, 0) is 24.3 Å². The van der Waals surface area contributed by atoms with Crippen molar-refractivity contribution in [3.8, 4) is 5.75 Å². The van der Waals surface area contributed by atoms with Crippen molar-refractivity contribution in [3.05, 3.63) is 65.1 Å². The number of morpholine rings is 1. The molecule has 0 aliphatic carbocycles. The van der Waals surface area contributed by atoms with E-state index in [1.54, 1.807) is 47.4 Å². The topological polar surface area (TPSA) is 94.0 Å². The Balaban J connectivity index is 1.45. The van der Waals surface area contributed by atoms with E-state index in [0.717, 1.165) is 0 Å². The minimum absolute atomic E-state index is 0.0732. The summed E-state index contributed by atoms with van der Waals surface area (Å²) in [6.45, 7) is 1.85. The fourth-order valence-electron chi connectivity index (χ4n) is 4.09. The smallest absolute Gasteiger partial charge is 0.269 e. The first-order valence-corrected chi connectivity index (χ1v) is 10.5. The quantitative estimate of drug-likeness (QED) is 0.612. The molecule has 9 heteroatoms. The molecule has 5 rings (SSSR count). The molecule has 0 unspecified atom stereocenters. The molecule has 0 spiro atoms. The summed E-state index contributed by atoms with van der Waals surface area (Å²) >= 11 is 0. The average molecular weight is 434 g/mol. The van der Waals surface area contributed by atoms with Gasteiger partial charge in [-0.3, -0.25) is 19.0 Å². The Morgan fingerprint density at radius 1 is 1.03 bits per heavy atom. The van der Waals surface area contributed by atoms with Crippen molar-refractivity contribution in [1.82, 2.24) is 14.5 Å². The molecule has 2 aliphatic heterocycles. The number of benzene rings is 2. The number of hydrogen-bond acceptors (Lipinski definition) is 6. The minimum Gasteiger partial charge on any atom is -0.476 e. The number of fused-ring (bicyclic) bond motifs is 2. The Bertz CT molecular complexity index is 1230. The molecular weight excluding hydrogens is 412 g/mol. The predicted octanol–water partition coefficient (Wildman–Crippen LogP) is 1.05. The maximum atomic E-state index is 13.4. The molecule has 1 saturated heterocycles. The van der Waals surface area contributed by atoms with E-state index in [9.17, 15) is 14.4 Å². The third kappa shape index (κ3) is 3.71. The normalized spacial score (nSPS) is 18.2. The lowest BCUT2D eigenvalue weighted by Gasteiger charge is -2.37. The number of ether oxygens (including phenoxy) is 2. The maximum Gasteiger partial charge on any atom is 0.269 e. The van der Waals surface area contributed by atoms with Gasteiger partial charge in [0.1, 0.15) is 12.3 Å². The largest absolute Gasteiger partial charge is 0.476 e. The van der Waals surface area contributed by atoms with Gasteiger partial charge in [-0.2, -0.15) is 0 Å². The van der Waals surface area contributed by atoms with Gasteiger partial charge in [0.05, 0.1) is 42.7 Å². The van der Waals surface area contributed by atoms with Crippen LogP contribution in [0, 0.1) is 0 Å². The number of anilines is 1. The van der Waals surface area contributed by atoms with Gasteiger partial charge in [0, 0.05) is 13.1 Å². The SMILES string of the molecule is O=C([C@@H]1CN(C(=O)Cn2c(=O)cnc3ccccc32)c2ccccc2O1)N1CCOCC1. The zero-order chi connectivity index (χ0) is 22.1. The molecule has 2 aliphatic rings. The third-order valence-electron chi connectivity index (χ3n) is 5.72. The summed E-state index contributed by atoms with van der Waals surface area (Å²) in [6, 6.07) is 14.3. The molecular formula is C23H22N4O5. The van der Waals surface area contributed by atoms with Crippen LogP contribution in [0.15, 0.2) is 59.5 Å². The predicted molar refractivity (Wildman–Crippen MR) is 117 cm³/mol. The van der Waals surface area contributed by atoms with Gasteiger partial charge in [-0.1, -0.05) is 24.3 Å². The summed E-state index contributed by atoms with van der Waals surface area (Å²) in [5, 5.41) is 0. The van der Waals surface area contributed by atoms with Crippen LogP contribution in [0.1, 0.15) is 0 Å². The lowest BCUT2D eigenvalue weighted by Crippen LogP contribution is -2.54. The van der Waals surface area contributed by atoms with Crippen LogP contribution >= 0.6 is 0 Å². The van der Waals surface area contributed by atoms with Crippen LogP contribution in [0.4, 0.5) is 5.69 Å². The molecule has 3 heterocycles. The van der Waals surface area contributed by atoms with Crippen LogP contribution in [0.2, 0.25) is 0 Å². The van der Waals surface area contributed by atoms with Crippen LogP contribution in [-0.2, 0) is 20.9 Å². The van der Waals surface area contributed by atoms with E-state index in [1.165, 1.54) is 15.7 Å². The molecule has 1 atom stereocenters. The van der Waals surface area contributed by atoms with Crippen molar-refractivity contribution in [2.75, 3.05) is 37.7 Å². The number of carbonyl (C=O) groups excluding carboxylic acids is 2. The first kappa shape index (κ1) is 20.2. The molecule has 1 fully saturated rings. The second-order valence-corrected chi connectivity index (χ2v) is 7.69. The van der Waals surface area contributed by atoms with Gasteiger partial charge in [0.15, 0.2) is 6.10 Å². The van der Waals surface area contributed by atoms with Crippen molar-refractivity contribution >= 4 is 28.5 Å². The third-order valence-corrected chi connectivity index (χ3v) is 5.72. The van der Waals surface area contributed by atoms with E-state index in [2.05, 4.69) is 4.98 Å². The maximum absolute atomic E-state index is 13.4. The molecule has 2 aromatic carbocycles. The summed E-state index contributed by atoms with van der Waals surface area (Å²) in [6.07, 6.45) is 0.394. The number of carbonyl (C=O) groups is 2. The van der Waals surface area contributed by atoms with Gasteiger partial charge in [-0.15, -0.1) is 0 Å². The highest BCUT2D eigenvalue weighted by atomic mass is 16.5. The molecule has 2 amide bonds. The van der Waals surface area contributed by atoms with Gasteiger partial charge in [-0.25, -0.2) is 4.98 Å². The number of rotatable bonds is 3. The van der Waals surface area contributed by atoms with Crippen LogP contribution in [0.25, 0.3) is 11.0 Å². The Morgan fingerprint density at radius 3 is 2.62 bits per heavy atom. The summed E-state index contributed by atoms with van der Waals surface area (Å²) in [4.78, 5) is 46.4. The second kappa shape index (κ2) is 8.43. The van der Waals surface area contributed by atoms with Crippen molar-refractivity contribution < 1.29 is 19.1 Å². The second-order valence-electron chi connectivity index (χ2n) is 7.69. The van der Waals surface area contributed by atoms with Crippen molar-refractivity contribution in [2.24, 2.45) is 0 Å². The fraction of sp³-hybridized carbons (Fsp3) is 0.304. The van der Waals surface area contributed by atoms with Crippen molar-refractivity contribution in [2.45, 2.75) is 12.6 Å². The molecule has 3 aromatic rings. The highest BCUT2D eigenvalue weighted by Crippen LogP contribution is 2.34. The zero-order valence-corrected chi connectivity index (χ0v) is 17.3. The summed E-state index contributed by atoms with van der Waals surface area (Å²) < 4.78 is 12.7. The highest BCUT2D eigenvalue weighted by Gasteiger charge is 2.36. The number of hydrogen-bond donors (Lipinski definition) is 0. The van der Waals surface area contributed by atoms with E-state index in [1.807, 2.05) is 6.07 Å². The van der Waals surface area contributed by atoms with E-state index in [-0.39, 0.29) is 30.5 Å². The van der Waals surface area contributed by atoms with Crippen LogP contribution in [-0.4, -0.2) is 65.2 Å². The molecule has 32 heavy (non-hydrogen) atoms. The Hall–Kier alpha value is -3.72. The minimum atomic E-state index is -0.821. The zero-order valence-electron chi connectivity index (χ0n) is 17.3. The van der Waals surface area contributed by atoms with Gasteiger partial charge >= 0.3 is 0 Å². The monoisotopic (exact) mass is 434 g/mol. The molecule has 9 nitrogen and oxygen atoms in total. The number of aromatic nitrogens is 2. The average Bonchev–Trinajstić information content (AvgIpc) is 2.85. The van der Waals surface area contributed by atoms with Crippen LogP contribution in [0.5, 0.6) is 5.75 Å². The summed E-state index contributed by atoms with van der Waals surface area (Å²) in [5.74, 6) is -0.0169. The molecule has 0 saturated carbocycles. The van der Waals surface area contributed by atoms with Crippen LogP contribution in [0.3, 0.4) is 0 Å². The summed E-state index contributed by atoms with van der Waals surface area (Å²) in [7, 11) is 0. The molecule has 0 bridgehead atoms. The lowest BCUT2D eigenvalue weighted by molar-refractivity contribution is -0.142. The van der Waals surface area contributed by atoms with E-state index in [0.29, 0.717) is 48.8 Å². The molecule has 1 aromatic heterocycles. The highest BCUT2D eigenvalue weighted by molar-refractivity contribution is 5.97. The van der Waals surface area contributed by atoms with Gasteiger partial charge in [0.25, 0.3) is 11.5 Å². The first-order chi connectivity index (χ1) is 15.6. The van der Waals surface area contributed by atoms with E-state index in [4.69, 9.17) is 9.47 Å². The van der Waals surface area contributed by atoms with Gasteiger partial charge < -0.3 is 19.3 Å². The first-order valence-electron chi connectivity index (χ1n) is 10.5. The van der Waals surface area contributed by atoms with Crippen LogP contribution < -0.4 is 15.2 Å². The molecule has 164 valence electrons. The number of para-hydroxylation sites is 4. The van der Waals surface area contributed by atoms with Gasteiger partial charge in [0.2, 0.25) is 5.91 Å². The van der Waals surface area contributed by atoms with E-state index < -0.39 is 6.10 Å². The summed E-state index contributed by atoms with van der Waals surface area (Å²) in [5.41, 5.74) is 1.42. The van der Waals surface area contributed by atoms with E-state index >= 15 is 0 Å². The molecule has 0 radical (unpaired) electrons.